The van der Waals surface area contributed by atoms with Crippen molar-refractivity contribution in [1.29, 1.82) is 0 Å². The third-order valence-corrected chi connectivity index (χ3v) is 2.72. The Bertz CT molecular complexity index is 308. The van der Waals surface area contributed by atoms with E-state index >= 15 is 0 Å². The molecule has 1 aromatic carbocycles. The van der Waals surface area contributed by atoms with Gasteiger partial charge in [0.25, 0.3) is 0 Å². The molecule has 0 aromatic heterocycles. The van der Waals surface area contributed by atoms with Crippen LogP contribution in [0.5, 0.6) is 0 Å². The van der Waals surface area contributed by atoms with Gasteiger partial charge in [-0.25, -0.2) is 0 Å². The molecule has 0 saturated heterocycles. The molecule has 0 radical (unpaired) electrons. The Morgan fingerprint density at radius 2 is 2.00 bits per heavy atom. The molecule has 0 fully saturated rings. The maximum absolute atomic E-state index is 11.5. The largest absolute Gasteiger partial charge is 0.330 e. The zero-order valence-corrected chi connectivity index (χ0v) is 9.75. The van der Waals surface area contributed by atoms with Gasteiger partial charge in [-0.1, -0.05) is 35.0 Å². The number of ketones is 1. The van der Waals surface area contributed by atoms with Gasteiger partial charge >= 0.3 is 0 Å². The van der Waals surface area contributed by atoms with Crippen molar-refractivity contribution in [3.05, 3.63) is 34.3 Å². The number of carbonyl (C=O) groups excluding carboxylic acids is 1. The summed E-state index contributed by atoms with van der Waals surface area (Å²) in [4.78, 5) is 11.5. The zero-order chi connectivity index (χ0) is 10.6. The summed E-state index contributed by atoms with van der Waals surface area (Å²) in [7, 11) is 0. The molecule has 1 rings (SSSR count). The quantitative estimate of drug-likeness (QED) is 0.896. The molecular weight excluding hydrogens is 242 g/mol. The smallest absolute Gasteiger partial charge is 0.141 e. The van der Waals surface area contributed by atoms with Crippen molar-refractivity contribution in [2.45, 2.75) is 13.3 Å². The molecule has 14 heavy (non-hydrogen) atoms. The molecule has 0 amide bonds. The van der Waals surface area contributed by atoms with Crippen LogP contribution in [0.4, 0.5) is 0 Å². The van der Waals surface area contributed by atoms with E-state index in [1.165, 1.54) is 0 Å². The van der Waals surface area contributed by atoms with E-state index in [4.69, 9.17) is 5.73 Å². The first-order valence-electron chi connectivity index (χ1n) is 4.60. The summed E-state index contributed by atoms with van der Waals surface area (Å²) in [6.45, 7) is 2.29. The fourth-order valence-corrected chi connectivity index (χ4v) is 1.37. The van der Waals surface area contributed by atoms with Crippen molar-refractivity contribution in [1.82, 2.24) is 0 Å². The Kier molecular flexibility index (Phi) is 4.29. The van der Waals surface area contributed by atoms with Crippen molar-refractivity contribution >= 4 is 21.7 Å². The van der Waals surface area contributed by atoms with E-state index in [2.05, 4.69) is 15.9 Å². The molecule has 0 aliphatic heterocycles. The first-order valence-corrected chi connectivity index (χ1v) is 5.40. The number of nitrogens with two attached hydrogens (primary N) is 1. The second-order valence-electron chi connectivity index (χ2n) is 3.41. The Morgan fingerprint density at radius 3 is 2.50 bits per heavy atom. The van der Waals surface area contributed by atoms with Crippen molar-refractivity contribution < 1.29 is 4.79 Å². The summed E-state index contributed by atoms with van der Waals surface area (Å²) < 4.78 is 1.03. The Hall–Kier alpha value is -0.670. The third-order valence-electron chi connectivity index (χ3n) is 2.19. The van der Waals surface area contributed by atoms with Crippen LogP contribution in [-0.4, -0.2) is 12.3 Å². The van der Waals surface area contributed by atoms with Crippen molar-refractivity contribution in [2.75, 3.05) is 6.54 Å². The maximum Gasteiger partial charge on any atom is 0.141 e. The zero-order valence-electron chi connectivity index (χ0n) is 8.16. The summed E-state index contributed by atoms with van der Waals surface area (Å²) in [5.41, 5.74) is 6.46. The van der Waals surface area contributed by atoms with Crippen LogP contribution in [0.1, 0.15) is 12.5 Å². The highest BCUT2D eigenvalue weighted by Gasteiger charge is 2.10. The molecule has 2 N–H and O–H groups in total. The SMILES string of the molecule is CC(CN)C(=O)Cc1ccc(Br)cc1. The second kappa shape index (κ2) is 5.27. The van der Waals surface area contributed by atoms with Gasteiger partial charge in [0, 0.05) is 23.4 Å². The highest BCUT2D eigenvalue weighted by molar-refractivity contribution is 9.10. The van der Waals surface area contributed by atoms with E-state index in [9.17, 15) is 4.79 Å². The summed E-state index contributed by atoms with van der Waals surface area (Å²) in [5.74, 6) is 0.161. The van der Waals surface area contributed by atoms with E-state index in [1.807, 2.05) is 31.2 Å². The fraction of sp³-hybridized carbons (Fsp3) is 0.364. The number of Topliss-reactive ketones (excluding diaryl/α,β-unsaturated/α-hetero) is 1. The minimum absolute atomic E-state index is 0.0429. The average molecular weight is 256 g/mol. The summed E-state index contributed by atoms with van der Waals surface area (Å²) in [5, 5.41) is 0. The molecule has 76 valence electrons. The lowest BCUT2D eigenvalue weighted by Crippen LogP contribution is -2.22. The minimum Gasteiger partial charge on any atom is -0.330 e. The Morgan fingerprint density at radius 1 is 1.43 bits per heavy atom. The number of rotatable bonds is 4. The molecule has 0 heterocycles. The third kappa shape index (κ3) is 3.24. The maximum atomic E-state index is 11.5. The molecule has 0 aliphatic carbocycles. The molecule has 1 atom stereocenters. The average Bonchev–Trinajstić information content (AvgIpc) is 2.20. The topological polar surface area (TPSA) is 43.1 Å². The Labute approximate surface area is 92.6 Å². The minimum atomic E-state index is -0.0429. The van der Waals surface area contributed by atoms with Crippen LogP contribution in [0.25, 0.3) is 0 Å². The van der Waals surface area contributed by atoms with Gasteiger partial charge in [-0.2, -0.15) is 0 Å². The number of carbonyl (C=O) groups is 1. The van der Waals surface area contributed by atoms with Gasteiger partial charge in [-0.15, -0.1) is 0 Å². The molecule has 3 heteroatoms. The molecule has 1 aromatic rings. The van der Waals surface area contributed by atoms with Gasteiger partial charge in [0.2, 0.25) is 0 Å². The van der Waals surface area contributed by atoms with Crippen LogP contribution in [-0.2, 0) is 11.2 Å². The monoisotopic (exact) mass is 255 g/mol. The van der Waals surface area contributed by atoms with E-state index in [0.29, 0.717) is 13.0 Å². The van der Waals surface area contributed by atoms with Gasteiger partial charge in [0.05, 0.1) is 0 Å². The lowest BCUT2D eigenvalue weighted by molar-refractivity contribution is -0.121. The molecule has 0 aliphatic rings. The standard InChI is InChI=1S/C11H14BrNO/c1-8(7-13)11(14)6-9-2-4-10(12)5-3-9/h2-5,8H,6-7,13H2,1H3. The van der Waals surface area contributed by atoms with Gasteiger partial charge in [-0.3, -0.25) is 4.79 Å². The molecule has 0 spiro atoms. The van der Waals surface area contributed by atoms with Gasteiger partial charge < -0.3 is 5.73 Å². The number of benzene rings is 1. The van der Waals surface area contributed by atoms with Gasteiger partial charge in [-0.05, 0) is 17.7 Å². The fourth-order valence-electron chi connectivity index (χ4n) is 1.11. The van der Waals surface area contributed by atoms with Crippen LogP contribution >= 0.6 is 15.9 Å². The predicted molar refractivity (Wildman–Crippen MR) is 61.1 cm³/mol. The van der Waals surface area contributed by atoms with E-state index < -0.39 is 0 Å². The summed E-state index contributed by atoms with van der Waals surface area (Å²) >= 11 is 3.35. The van der Waals surface area contributed by atoms with E-state index in [1.54, 1.807) is 0 Å². The van der Waals surface area contributed by atoms with Crippen LogP contribution in [0, 0.1) is 5.92 Å². The number of halogens is 1. The van der Waals surface area contributed by atoms with Crippen LogP contribution in [0.2, 0.25) is 0 Å². The van der Waals surface area contributed by atoms with E-state index in [0.717, 1.165) is 10.0 Å². The molecular formula is C11H14BrNO. The van der Waals surface area contributed by atoms with Gasteiger partial charge in [0.1, 0.15) is 5.78 Å². The second-order valence-corrected chi connectivity index (χ2v) is 4.32. The van der Waals surface area contributed by atoms with E-state index in [-0.39, 0.29) is 11.7 Å². The predicted octanol–water partition coefficient (Wildman–Crippen LogP) is 2.16. The first kappa shape index (κ1) is 11.4. The summed E-state index contributed by atoms with van der Waals surface area (Å²) in [6.07, 6.45) is 0.478. The molecule has 1 unspecified atom stereocenters. The van der Waals surface area contributed by atoms with Crippen molar-refractivity contribution in [3.8, 4) is 0 Å². The van der Waals surface area contributed by atoms with Gasteiger partial charge in [0.15, 0.2) is 0 Å². The Balaban J connectivity index is 2.60. The first-order chi connectivity index (χ1) is 6.63. The highest BCUT2D eigenvalue weighted by Crippen LogP contribution is 2.12. The van der Waals surface area contributed by atoms with Crippen molar-refractivity contribution in [3.63, 3.8) is 0 Å². The van der Waals surface area contributed by atoms with Crippen LogP contribution < -0.4 is 5.73 Å². The lowest BCUT2D eigenvalue weighted by atomic mass is 10.00. The lowest BCUT2D eigenvalue weighted by Gasteiger charge is -2.06. The highest BCUT2D eigenvalue weighted by atomic mass is 79.9. The normalized spacial score (nSPS) is 12.5. The number of hydrogen-bond donors (Lipinski definition) is 1. The molecule has 2 nitrogen and oxygen atoms in total. The van der Waals surface area contributed by atoms with Crippen LogP contribution in [0.15, 0.2) is 28.7 Å². The summed E-state index contributed by atoms with van der Waals surface area (Å²) in [6, 6.07) is 7.78. The van der Waals surface area contributed by atoms with Crippen molar-refractivity contribution in [2.24, 2.45) is 11.7 Å². The number of hydrogen-bond acceptors (Lipinski definition) is 2. The molecule has 0 saturated carbocycles. The molecule has 0 bridgehead atoms. The van der Waals surface area contributed by atoms with Crippen LogP contribution in [0.3, 0.4) is 0 Å².